The third-order valence-corrected chi connectivity index (χ3v) is 5.51. The zero-order valence-electron chi connectivity index (χ0n) is 18.5. The lowest BCUT2D eigenvalue weighted by molar-refractivity contribution is 0.222. The van der Waals surface area contributed by atoms with Gasteiger partial charge in [0.25, 0.3) is 0 Å². The van der Waals surface area contributed by atoms with Crippen molar-refractivity contribution in [3.63, 3.8) is 0 Å². The molecule has 32 heavy (non-hydrogen) atoms. The van der Waals surface area contributed by atoms with Crippen LogP contribution in [-0.4, -0.2) is 48.4 Å². The molecule has 0 unspecified atom stereocenters. The Morgan fingerprint density at radius 1 is 1.03 bits per heavy atom. The van der Waals surface area contributed by atoms with Crippen molar-refractivity contribution >= 4 is 42.5 Å². The quantitative estimate of drug-likeness (QED) is 0.379. The number of nitrogens with one attached hydrogen (secondary N) is 3. The lowest BCUT2D eigenvalue weighted by atomic mass is 9.99. The molecule has 1 aromatic heterocycles. The number of hydrogen-bond donors (Lipinski definition) is 3. The van der Waals surface area contributed by atoms with Gasteiger partial charge in [-0.05, 0) is 54.9 Å². The predicted octanol–water partition coefficient (Wildman–Crippen LogP) is 3.15. The molecule has 3 N–H and O–H groups in total. The fourth-order valence-electron chi connectivity index (χ4n) is 3.75. The first-order valence-electron chi connectivity index (χ1n) is 11.2. The second kappa shape index (κ2) is 10.7. The van der Waals surface area contributed by atoms with Gasteiger partial charge in [0.2, 0.25) is 5.95 Å². The van der Waals surface area contributed by atoms with Gasteiger partial charge >= 0.3 is 6.03 Å². The minimum Gasteiger partial charge on any atom is -0.370 e. The predicted molar refractivity (Wildman–Crippen MR) is 133 cm³/mol. The molecule has 2 heterocycles. The molecular weight excluding hydrogens is 399 g/mol. The number of aromatic nitrogens is 2. The van der Waals surface area contributed by atoms with E-state index in [4.69, 9.17) is 0 Å². The van der Waals surface area contributed by atoms with Crippen molar-refractivity contribution in [2.75, 3.05) is 35.6 Å². The zero-order valence-corrected chi connectivity index (χ0v) is 18.5. The summed E-state index contributed by atoms with van der Waals surface area (Å²) in [4.78, 5) is 23.2. The molecule has 164 valence electrons. The molecule has 4 rings (SSSR count). The van der Waals surface area contributed by atoms with Crippen molar-refractivity contribution in [1.82, 2.24) is 14.9 Å². The van der Waals surface area contributed by atoms with Gasteiger partial charge in [-0.15, -0.1) is 0 Å². The number of carbonyl (C=O) groups excluding carboxylic acids is 1. The van der Waals surface area contributed by atoms with Crippen molar-refractivity contribution in [3.8, 4) is 0 Å². The van der Waals surface area contributed by atoms with E-state index in [1.807, 2.05) is 49.3 Å². The number of aryl methyl sites for hydroxylation is 1. The van der Waals surface area contributed by atoms with Crippen molar-refractivity contribution in [1.29, 1.82) is 0 Å². The second-order valence-corrected chi connectivity index (χ2v) is 8.07. The van der Waals surface area contributed by atoms with E-state index < -0.39 is 0 Å². The van der Waals surface area contributed by atoms with Gasteiger partial charge < -0.3 is 20.9 Å². The number of anilines is 4. The van der Waals surface area contributed by atoms with Gasteiger partial charge in [-0.2, -0.15) is 4.98 Å². The first-order valence-corrected chi connectivity index (χ1v) is 11.2. The molecule has 1 aliphatic heterocycles. The molecule has 1 fully saturated rings. The van der Waals surface area contributed by atoms with Crippen LogP contribution in [-0.2, 0) is 6.42 Å². The highest BCUT2D eigenvalue weighted by Crippen LogP contribution is 2.19. The molecule has 0 aliphatic carbocycles. The molecule has 3 aromatic rings. The molecular formula is C24H29BN6O. The van der Waals surface area contributed by atoms with Gasteiger partial charge in [-0.3, -0.25) is 0 Å². The largest absolute Gasteiger partial charge is 0.370 e. The van der Waals surface area contributed by atoms with Crippen LogP contribution in [0.5, 0.6) is 0 Å². The number of benzene rings is 2. The second-order valence-electron chi connectivity index (χ2n) is 8.07. The highest BCUT2D eigenvalue weighted by Gasteiger charge is 2.17. The van der Waals surface area contributed by atoms with Crippen molar-refractivity contribution < 1.29 is 4.79 Å². The lowest BCUT2D eigenvalue weighted by Crippen LogP contribution is -2.32. The summed E-state index contributed by atoms with van der Waals surface area (Å²) in [5.74, 6) is 1.35. The van der Waals surface area contributed by atoms with Gasteiger partial charge in [0, 0.05) is 37.2 Å². The van der Waals surface area contributed by atoms with Crippen molar-refractivity contribution in [2.24, 2.45) is 0 Å². The Kier molecular flexibility index (Phi) is 7.22. The number of amides is 2. The lowest BCUT2D eigenvalue weighted by Gasteiger charge is -2.16. The average molecular weight is 428 g/mol. The Bertz CT molecular complexity index is 1040. The summed E-state index contributed by atoms with van der Waals surface area (Å²) in [5, 5.41) is 9.64. The Hall–Kier alpha value is -3.55. The summed E-state index contributed by atoms with van der Waals surface area (Å²) in [5.41, 5.74) is 3.91. The molecule has 0 spiro atoms. The number of nitrogens with zero attached hydrogens (tertiary/aromatic N) is 3. The fraction of sp³-hybridized carbons (Fsp3) is 0.292. The smallest absolute Gasteiger partial charge is 0.321 e. The minimum absolute atomic E-state index is 0.0479. The van der Waals surface area contributed by atoms with Crippen LogP contribution in [0.4, 0.5) is 27.9 Å². The molecule has 0 radical (unpaired) electrons. The molecule has 1 aliphatic rings. The SMILES string of the molecule is Bc1cnc(Nc2cccc(NC(=O)N3CCCC3)c2)nc1NCCCc1ccccc1. The van der Waals surface area contributed by atoms with E-state index in [9.17, 15) is 4.79 Å². The standard InChI is InChI=1S/C24H29BN6O/c25-21-17-27-23(30-22(21)26-13-7-10-18-8-2-1-3-9-18)28-19-11-6-12-20(16-19)29-24(32)31-14-4-5-15-31/h1-3,6,8-9,11-12,16-17H,4-5,7,10,13-15,25H2,(H,29,32)(H2,26,27,28,30). The van der Waals surface area contributed by atoms with Gasteiger partial charge in [-0.1, -0.05) is 36.4 Å². The summed E-state index contributed by atoms with van der Waals surface area (Å²) in [6.45, 7) is 2.48. The van der Waals surface area contributed by atoms with E-state index in [2.05, 4.69) is 50.2 Å². The van der Waals surface area contributed by atoms with E-state index in [-0.39, 0.29) is 6.03 Å². The molecule has 2 aromatic carbocycles. The van der Waals surface area contributed by atoms with Crippen LogP contribution in [0.25, 0.3) is 0 Å². The van der Waals surface area contributed by atoms with Gasteiger partial charge in [0.05, 0.1) is 0 Å². The molecule has 8 heteroatoms. The van der Waals surface area contributed by atoms with Gasteiger partial charge in [0.1, 0.15) is 13.7 Å². The van der Waals surface area contributed by atoms with Crippen LogP contribution in [0.15, 0.2) is 60.8 Å². The third kappa shape index (κ3) is 6.00. The average Bonchev–Trinajstić information content (AvgIpc) is 3.35. The van der Waals surface area contributed by atoms with Crippen molar-refractivity contribution in [2.45, 2.75) is 25.7 Å². The number of hydrogen-bond acceptors (Lipinski definition) is 5. The number of likely N-dealkylation sites (tertiary alicyclic amines) is 1. The molecule has 0 saturated carbocycles. The maximum absolute atomic E-state index is 12.3. The highest BCUT2D eigenvalue weighted by atomic mass is 16.2. The van der Waals surface area contributed by atoms with E-state index in [1.54, 1.807) is 0 Å². The van der Waals surface area contributed by atoms with Crippen LogP contribution >= 0.6 is 0 Å². The monoisotopic (exact) mass is 428 g/mol. The summed E-state index contributed by atoms with van der Waals surface area (Å²) in [7, 11) is 2.00. The molecule has 0 atom stereocenters. The van der Waals surface area contributed by atoms with E-state index in [1.165, 1.54) is 5.56 Å². The maximum atomic E-state index is 12.3. The Balaban J connectivity index is 1.33. The van der Waals surface area contributed by atoms with Crippen LogP contribution in [0.2, 0.25) is 0 Å². The molecule has 2 amide bonds. The summed E-state index contributed by atoms with van der Waals surface area (Å²) >= 11 is 0. The Labute approximate surface area is 190 Å². The first kappa shape index (κ1) is 21.7. The number of rotatable bonds is 8. The van der Waals surface area contributed by atoms with Gasteiger partial charge in [0.15, 0.2) is 0 Å². The topological polar surface area (TPSA) is 82.2 Å². The molecule has 0 bridgehead atoms. The normalized spacial score (nSPS) is 13.1. The Morgan fingerprint density at radius 2 is 1.81 bits per heavy atom. The molecule has 1 saturated heterocycles. The van der Waals surface area contributed by atoms with E-state index in [0.29, 0.717) is 5.95 Å². The summed E-state index contributed by atoms with van der Waals surface area (Å²) < 4.78 is 0. The number of urea groups is 1. The van der Waals surface area contributed by atoms with E-state index in [0.717, 1.165) is 68.0 Å². The molecule has 7 nitrogen and oxygen atoms in total. The summed E-state index contributed by atoms with van der Waals surface area (Å²) in [6.07, 6.45) is 6.01. The van der Waals surface area contributed by atoms with Crippen LogP contribution in [0.1, 0.15) is 24.8 Å². The van der Waals surface area contributed by atoms with Crippen molar-refractivity contribution in [3.05, 3.63) is 66.4 Å². The summed E-state index contributed by atoms with van der Waals surface area (Å²) in [6, 6.07) is 18.1. The first-order chi connectivity index (χ1) is 15.7. The number of carbonyl (C=O) groups is 1. The highest BCUT2D eigenvalue weighted by molar-refractivity contribution is 6.35. The maximum Gasteiger partial charge on any atom is 0.321 e. The van der Waals surface area contributed by atoms with Crippen LogP contribution in [0.3, 0.4) is 0 Å². The zero-order chi connectivity index (χ0) is 22.2. The third-order valence-electron chi connectivity index (χ3n) is 5.51. The van der Waals surface area contributed by atoms with Crippen LogP contribution < -0.4 is 21.4 Å². The van der Waals surface area contributed by atoms with E-state index >= 15 is 0 Å². The minimum atomic E-state index is -0.0479. The fourth-order valence-corrected chi connectivity index (χ4v) is 3.75. The van der Waals surface area contributed by atoms with Gasteiger partial charge in [-0.25, -0.2) is 9.78 Å². The van der Waals surface area contributed by atoms with Crippen LogP contribution in [0, 0.1) is 0 Å². The Morgan fingerprint density at radius 3 is 2.62 bits per heavy atom.